The minimum atomic E-state index is 0.316. The summed E-state index contributed by atoms with van der Waals surface area (Å²) in [6.07, 6.45) is 1.79. The molecule has 0 atom stereocenters. The van der Waals surface area contributed by atoms with Crippen molar-refractivity contribution in [2.45, 2.75) is 5.92 Å². The molecular formula is C8H9NO2. The topological polar surface area (TPSA) is 31.4 Å². The Balaban J connectivity index is 2.16. The average molecular weight is 151 g/mol. The van der Waals surface area contributed by atoms with E-state index in [-0.39, 0.29) is 0 Å². The lowest BCUT2D eigenvalue weighted by Crippen LogP contribution is -2.02. The molecule has 2 heterocycles. The number of hydrogen-bond acceptors (Lipinski definition) is 3. The summed E-state index contributed by atoms with van der Waals surface area (Å²) < 4.78 is 0. The smallest absolute Gasteiger partial charge is 0.0929 e. The number of rotatable bonds is 1. The van der Waals surface area contributed by atoms with Crippen LogP contribution in [0.5, 0.6) is 0 Å². The summed E-state index contributed by atoms with van der Waals surface area (Å²) in [6, 6.07) is 5.86. The minimum Gasteiger partial charge on any atom is -0.261 e. The maximum absolute atomic E-state index is 4.77. The molecule has 1 aromatic heterocycles. The highest BCUT2D eigenvalue weighted by Gasteiger charge is 2.19. The summed E-state index contributed by atoms with van der Waals surface area (Å²) in [6.45, 7) is 1.24. The fraction of sp³-hybridized carbons (Fsp3) is 0.375. The molecule has 1 saturated heterocycles. The van der Waals surface area contributed by atoms with E-state index in [0.29, 0.717) is 19.1 Å². The third-order valence-corrected chi connectivity index (χ3v) is 1.73. The second-order valence-electron chi connectivity index (χ2n) is 2.52. The van der Waals surface area contributed by atoms with E-state index in [1.165, 1.54) is 0 Å². The maximum Gasteiger partial charge on any atom is 0.0929 e. The Morgan fingerprint density at radius 3 is 2.73 bits per heavy atom. The minimum absolute atomic E-state index is 0.316. The first-order valence-electron chi connectivity index (χ1n) is 3.62. The van der Waals surface area contributed by atoms with Crippen LogP contribution in [0.15, 0.2) is 24.4 Å². The van der Waals surface area contributed by atoms with Gasteiger partial charge in [-0.2, -0.15) is 0 Å². The average Bonchev–Trinajstić information content (AvgIpc) is 2.58. The van der Waals surface area contributed by atoms with E-state index in [0.717, 1.165) is 5.69 Å². The van der Waals surface area contributed by atoms with E-state index < -0.39 is 0 Å². The fourth-order valence-corrected chi connectivity index (χ4v) is 1.10. The predicted molar refractivity (Wildman–Crippen MR) is 38.9 cm³/mol. The Morgan fingerprint density at radius 1 is 1.27 bits per heavy atom. The maximum atomic E-state index is 4.77. The third kappa shape index (κ3) is 1.39. The van der Waals surface area contributed by atoms with E-state index in [1.807, 2.05) is 18.2 Å². The molecule has 3 heteroatoms. The lowest BCUT2D eigenvalue weighted by atomic mass is 10.1. The van der Waals surface area contributed by atoms with Gasteiger partial charge in [-0.05, 0) is 12.1 Å². The van der Waals surface area contributed by atoms with Gasteiger partial charge in [0.15, 0.2) is 0 Å². The zero-order chi connectivity index (χ0) is 7.52. The molecule has 1 aliphatic rings. The SMILES string of the molecule is c1ccc(C2COOC2)nc1. The molecule has 1 aromatic rings. The van der Waals surface area contributed by atoms with Crippen LogP contribution in [0, 0.1) is 0 Å². The Labute approximate surface area is 64.9 Å². The van der Waals surface area contributed by atoms with Gasteiger partial charge in [-0.1, -0.05) is 6.07 Å². The van der Waals surface area contributed by atoms with E-state index in [9.17, 15) is 0 Å². The monoisotopic (exact) mass is 151 g/mol. The van der Waals surface area contributed by atoms with Gasteiger partial charge < -0.3 is 0 Å². The number of pyridine rings is 1. The van der Waals surface area contributed by atoms with Crippen molar-refractivity contribution >= 4 is 0 Å². The quantitative estimate of drug-likeness (QED) is 0.564. The molecule has 0 aromatic carbocycles. The third-order valence-electron chi connectivity index (χ3n) is 1.73. The number of aromatic nitrogens is 1. The normalized spacial score (nSPS) is 18.9. The lowest BCUT2D eigenvalue weighted by Gasteiger charge is -2.01. The van der Waals surface area contributed by atoms with Crippen molar-refractivity contribution in [2.75, 3.05) is 13.2 Å². The molecule has 0 radical (unpaired) electrons. The van der Waals surface area contributed by atoms with Crippen molar-refractivity contribution in [3.05, 3.63) is 30.1 Å². The molecular weight excluding hydrogens is 142 g/mol. The van der Waals surface area contributed by atoms with Gasteiger partial charge in [0.25, 0.3) is 0 Å². The van der Waals surface area contributed by atoms with Gasteiger partial charge in [0.1, 0.15) is 0 Å². The first kappa shape index (κ1) is 6.76. The van der Waals surface area contributed by atoms with Crippen LogP contribution in [-0.2, 0) is 9.78 Å². The first-order valence-corrected chi connectivity index (χ1v) is 3.62. The van der Waals surface area contributed by atoms with Crippen molar-refractivity contribution < 1.29 is 9.78 Å². The summed E-state index contributed by atoms with van der Waals surface area (Å²) in [7, 11) is 0. The van der Waals surface area contributed by atoms with Crippen LogP contribution in [0.25, 0.3) is 0 Å². The van der Waals surface area contributed by atoms with Gasteiger partial charge in [-0.15, -0.1) is 0 Å². The summed E-state index contributed by atoms with van der Waals surface area (Å²) in [5, 5.41) is 0. The van der Waals surface area contributed by atoms with Gasteiger partial charge in [0, 0.05) is 11.9 Å². The van der Waals surface area contributed by atoms with Crippen LogP contribution < -0.4 is 0 Å². The first-order chi connectivity index (χ1) is 5.47. The van der Waals surface area contributed by atoms with Crippen molar-refractivity contribution in [1.29, 1.82) is 0 Å². The van der Waals surface area contributed by atoms with Crippen LogP contribution in [-0.4, -0.2) is 18.2 Å². The fourth-order valence-electron chi connectivity index (χ4n) is 1.10. The Morgan fingerprint density at radius 2 is 2.09 bits per heavy atom. The molecule has 58 valence electrons. The molecule has 11 heavy (non-hydrogen) atoms. The number of hydrogen-bond donors (Lipinski definition) is 0. The van der Waals surface area contributed by atoms with Gasteiger partial charge >= 0.3 is 0 Å². The van der Waals surface area contributed by atoms with Crippen LogP contribution in [0.4, 0.5) is 0 Å². The Hall–Kier alpha value is -0.930. The zero-order valence-electron chi connectivity index (χ0n) is 6.06. The van der Waals surface area contributed by atoms with Crippen LogP contribution in [0.1, 0.15) is 11.6 Å². The second-order valence-corrected chi connectivity index (χ2v) is 2.52. The van der Waals surface area contributed by atoms with Crippen molar-refractivity contribution in [1.82, 2.24) is 4.98 Å². The molecule has 1 aliphatic heterocycles. The Kier molecular flexibility index (Phi) is 1.83. The Bertz CT molecular complexity index is 219. The number of nitrogens with zero attached hydrogens (tertiary/aromatic N) is 1. The summed E-state index contributed by atoms with van der Waals surface area (Å²) in [4.78, 5) is 13.7. The van der Waals surface area contributed by atoms with Crippen molar-refractivity contribution in [3.63, 3.8) is 0 Å². The van der Waals surface area contributed by atoms with Gasteiger partial charge in [0.05, 0.1) is 19.1 Å². The summed E-state index contributed by atoms with van der Waals surface area (Å²) in [5.74, 6) is 0.316. The van der Waals surface area contributed by atoms with Gasteiger partial charge in [-0.25, -0.2) is 9.78 Å². The van der Waals surface area contributed by atoms with E-state index >= 15 is 0 Å². The highest BCUT2D eigenvalue weighted by molar-refractivity contribution is 5.09. The van der Waals surface area contributed by atoms with Gasteiger partial charge in [-0.3, -0.25) is 4.98 Å². The largest absolute Gasteiger partial charge is 0.261 e. The second kappa shape index (κ2) is 2.98. The van der Waals surface area contributed by atoms with E-state index in [1.54, 1.807) is 6.20 Å². The zero-order valence-corrected chi connectivity index (χ0v) is 6.06. The predicted octanol–water partition coefficient (Wildman–Crippen LogP) is 1.13. The molecule has 1 fully saturated rings. The van der Waals surface area contributed by atoms with E-state index in [2.05, 4.69) is 4.98 Å². The summed E-state index contributed by atoms with van der Waals surface area (Å²) >= 11 is 0. The molecule has 0 unspecified atom stereocenters. The summed E-state index contributed by atoms with van der Waals surface area (Å²) in [5.41, 5.74) is 1.05. The molecule has 0 amide bonds. The highest BCUT2D eigenvalue weighted by atomic mass is 17.2. The van der Waals surface area contributed by atoms with Crippen molar-refractivity contribution in [3.8, 4) is 0 Å². The van der Waals surface area contributed by atoms with Crippen LogP contribution >= 0.6 is 0 Å². The van der Waals surface area contributed by atoms with Gasteiger partial charge in [0.2, 0.25) is 0 Å². The molecule has 0 spiro atoms. The molecule has 2 rings (SSSR count). The molecule has 0 bridgehead atoms. The van der Waals surface area contributed by atoms with Crippen molar-refractivity contribution in [2.24, 2.45) is 0 Å². The molecule has 0 N–H and O–H groups in total. The highest BCUT2D eigenvalue weighted by Crippen LogP contribution is 2.18. The van der Waals surface area contributed by atoms with Crippen LogP contribution in [0.2, 0.25) is 0 Å². The standard InChI is InChI=1S/C8H9NO2/c1-2-4-9-8(3-1)7-5-10-11-6-7/h1-4,7H,5-6H2. The van der Waals surface area contributed by atoms with Crippen LogP contribution in [0.3, 0.4) is 0 Å². The van der Waals surface area contributed by atoms with E-state index in [4.69, 9.17) is 9.78 Å². The lowest BCUT2D eigenvalue weighted by molar-refractivity contribution is -0.248. The molecule has 0 saturated carbocycles. The molecule has 3 nitrogen and oxygen atoms in total. The molecule has 0 aliphatic carbocycles.